The minimum atomic E-state index is -0.00931. The lowest BCUT2D eigenvalue weighted by Gasteiger charge is -2.16. The molecule has 88 valence electrons. The van der Waals surface area contributed by atoms with Gasteiger partial charge in [-0.1, -0.05) is 6.92 Å². The largest absolute Gasteiger partial charge is 0.374 e. The number of rotatable bonds is 2. The molecule has 1 aliphatic heterocycles. The number of ether oxygens (including phenoxy) is 1. The molecule has 1 aromatic rings. The second-order valence-electron chi connectivity index (χ2n) is 4.39. The Morgan fingerprint density at radius 1 is 1.38 bits per heavy atom. The van der Waals surface area contributed by atoms with Gasteiger partial charge in [-0.25, -0.2) is 0 Å². The summed E-state index contributed by atoms with van der Waals surface area (Å²) >= 11 is 4.92. The third kappa shape index (κ3) is 1.98. The molecular formula is C12H15BrO2S. The number of carbonyl (C=O) groups is 1. The van der Waals surface area contributed by atoms with E-state index in [4.69, 9.17) is 4.74 Å². The Labute approximate surface area is 108 Å². The molecule has 0 aliphatic carbocycles. The topological polar surface area (TPSA) is 26.3 Å². The SMILES string of the molecule is CC1OC(C)C(C(=O)c2sccc2Br)C1C. The summed E-state index contributed by atoms with van der Waals surface area (Å²) in [6.07, 6.45) is 0.189. The van der Waals surface area contributed by atoms with Crippen molar-refractivity contribution in [2.24, 2.45) is 11.8 Å². The van der Waals surface area contributed by atoms with Crippen LogP contribution in [-0.4, -0.2) is 18.0 Å². The van der Waals surface area contributed by atoms with E-state index < -0.39 is 0 Å². The first kappa shape index (κ1) is 12.3. The van der Waals surface area contributed by atoms with Crippen molar-refractivity contribution in [1.29, 1.82) is 0 Å². The van der Waals surface area contributed by atoms with Crippen LogP contribution in [0.1, 0.15) is 30.4 Å². The molecule has 1 saturated heterocycles. The predicted octanol–water partition coefficient (Wildman–Crippen LogP) is 3.75. The Morgan fingerprint density at radius 2 is 2.06 bits per heavy atom. The number of thiophene rings is 1. The summed E-state index contributed by atoms with van der Waals surface area (Å²) < 4.78 is 6.62. The van der Waals surface area contributed by atoms with Crippen molar-refractivity contribution in [2.45, 2.75) is 33.0 Å². The summed E-state index contributed by atoms with van der Waals surface area (Å²) in [7, 11) is 0. The summed E-state index contributed by atoms with van der Waals surface area (Å²) in [5.74, 6) is 0.493. The average molecular weight is 303 g/mol. The molecule has 4 atom stereocenters. The maximum absolute atomic E-state index is 12.4. The molecule has 2 nitrogen and oxygen atoms in total. The van der Waals surface area contributed by atoms with Crippen molar-refractivity contribution < 1.29 is 9.53 Å². The van der Waals surface area contributed by atoms with Crippen molar-refractivity contribution in [3.05, 3.63) is 20.8 Å². The number of ketones is 1. The minimum absolute atomic E-state index is 0.00931. The molecule has 0 spiro atoms. The van der Waals surface area contributed by atoms with E-state index in [9.17, 15) is 4.79 Å². The van der Waals surface area contributed by atoms with E-state index in [0.717, 1.165) is 9.35 Å². The molecule has 0 saturated carbocycles. The highest BCUT2D eigenvalue weighted by atomic mass is 79.9. The molecule has 0 radical (unpaired) electrons. The first-order valence-electron chi connectivity index (χ1n) is 5.45. The lowest BCUT2D eigenvalue weighted by molar-refractivity contribution is 0.0492. The zero-order valence-electron chi connectivity index (χ0n) is 9.57. The van der Waals surface area contributed by atoms with Crippen LogP contribution in [-0.2, 0) is 4.74 Å². The number of halogens is 1. The van der Waals surface area contributed by atoms with Gasteiger partial charge in [0, 0.05) is 4.47 Å². The van der Waals surface area contributed by atoms with E-state index >= 15 is 0 Å². The second kappa shape index (κ2) is 4.59. The van der Waals surface area contributed by atoms with Gasteiger partial charge in [-0.15, -0.1) is 11.3 Å². The summed E-state index contributed by atoms with van der Waals surface area (Å²) in [6.45, 7) is 6.13. The van der Waals surface area contributed by atoms with E-state index in [1.807, 2.05) is 25.3 Å². The molecule has 4 unspecified atom stereocenters. The van der Waals surface area contributed by atoms with Gasteiger partial charge < -0.3 is 4.74 Å². The summed E-state index contributed by atoms with van der Waals surface area (Å²) in [6, 6.07) is 1.92. The number of Topliss-reactive ketones (excluding diaryl/α,β-unsaturated/α-hetero) is 1. The fourth-order valence-electron chi connectivity index (χ4n) is 2.34. The van der Waals surface area contributed by atoms with Crippen LogP contribution in [0.25, 0.3) is 0 Å². The maximum Gasteiger partial charge on any atom is 0.179 e. The first-order chi connectivity index (χ1) is 7.52. The van der Waals surface area contributed by atoms with Crippen molar-refractivity contribution in [2.75, 3.05) is 0 Å². The van der Waals surface area contributed by atoms with Gasteiger partial charge in [-0.05, 0) is 47.1 Å². The lowest BCUT2D eigenvalue weighted by atomic mass is 9.85. The summed E-state index contributed by atoms with van der Waals surface area (Å²) in [4.78, 5) is 13.2. The van der Waals surface area contributed by atoms with E-state index in [0.29, 0.717) is 0 Å². The Hall–Kier alpha value is -0.190. The van der Waals surface area contributed by atoms with Gasteiger partial charge in [0.15, 0.2) is 5.78 Å². The van der Waals surface area contributed by atoms with E-state index in [1.54, 1.807) is 0 Å². The molecule has 0 bridgehead atoms. The molecule has 1 fully saturated rings. The minimum Gasteiger partial charge on any atom is -0.374 e. The van der Waals surface area contributed by atoms with Gasteiger partial charge in [0.1, 0.15) is 0 Å². The van der Waals surface area contributed by atoms with E-state index in [2.05, 4.69) is 22.9 Å². The van der Waals surface area contributed by atoms with Gasteiger partial charge >= 0.3 is 0 Å². The van der Waals surface area contributed by atoms with Gasteiger partial charge in [0.25, 0.3) is 0 Å². The molecular weight excluding hydrogens is 288 g/mol. The third-order valence-electron chi connectivity index (χ3n) is 3.39. The normalized spacial score (nSPS) is 34.2. The molecule has 1 aliphatic rings. The smallest absolute Gasteiger partial charge is 0.179 e. The summed E-state index contributed by atoms with van der Waals surface area (Å²) in [5.41, 5.74) is 0. The number of hydrogen-bond acceptors (Lipinski definition) is 3. The molecule has 16 heavy (non-hydrogen) atoms. The van der Waals surface area contributed by atoms with Crippen molar-refractivity contribution in [1.82, 2.24) is 0 Å². The predicted molar refractivity (Wildman–Crippen MR) is 69.0 cm³/mol. The molecule has 0 amide bonds. The number of carbonyl (C=O) groups excluding carboxylic acids is 1. The van der Waals surface area contributed by atoms with Gasteiger partial charge in [0.05, 0.1) is 23.0 Å². The molecule has 0 aromatic carbocycles. The highest BCUT2D eigenvalue weighted by Gasteiger charge is 2.42. The van der Waals surface area contributed by atoms with Gasteiger partial charge in [0.2, 0.25) is 0 Å². The molecule has 4 heteroatoms. The fourth-order valence-corrected chi connectivity index (χ4v) is 3.90. The molecule has 2 rings (SSSR count). The van der Waals surface area contributed by atoms with Crippen molar-refractivity contribution in [3.8, 4) is 0 Å². The Morgan fingerprint density at radius 3 is 2.50 bits per heavy atom. The van der Waals surface area contributed by atoms with E-state index in [1.165, 1.54) is 11.3 Å². The quantitative estimate of drug-likeness (QED) is 0.778. The Balaban J connectivity index is 2.26. The monoisotopic (exact) mass is 302 g/mol. The number of hydrogen-bond donors (Lipinski definition) is 0. The van der Waals surface area contributed by atoms with Crippen LogP contribution in [0.3, 0.4) is 0 Å². The molecule has 0 N–H and O–H groups in total. The molecule has 2 heterocycles. The van der Waals surface area contributed by atoms with Crippen LogP contribution in [0, 0.1) is 11.8 Å². The Kier molecular flexibility index (Phi) is 3.52. The van der Waals surface area contributed by atoms with Gasteiger partial charge in [-0.3, -0.25) is 4.79 Å². The fraction of sp³-hybridized carbons (Fsp3) is 0.583. The van der Waals surface area contributed by atoms with E-state index in [-0.39, 0.29) is 29.8 Å². The van der Waals surface area contributed by atoms with Crippen LogP contribution in [0.15, 0.2) is 15.9 Å². The second-order valence-corrected chi connectivity index (χ2v) is 6.16. The average Bonchev–Trinajstić information content (AvgIpc) is 2.73. The van der Waals surface area contributed by atoms with Crippen LogP contribution in [0.5, 0.6) is 0 Å². The highest BCUT2D eigenvalue weighted by molar-refractivity contribution is 9.10. The van der Waals surface area contributed by atoms with Crippen LogP contribution in [0.4, 0.5) is 0 Å². The zero-order valence-corrected chi connectivity index (χ0v) is 12.0. The standard InChI is InChI=1S/C12H15BrO2S/c1-6-7(2)15-8(3)10(6)11(14)12-9(13)4-5-16-12/h4-8,10H,1-3H3. The third-order valence-corrected chi connectivity index (χ3v) is 5.24. The first-order valence-corrected chi connectivity index (χ1v) is 7.12. The zero-order chi connectivity index (χ0) is 11.9. The highest BCUT2D eigenvalue weighted by Crippen LogP contribution is 2.37. The van der Waals surface area contributed by atoms with Crippen LogP contribution in [0.2, 0.25) is 0 Å². The van der Waals surface area contributed by atoms with Crippen LogP contribution < -0.4 is 0 Å². The molecule has 1 aromatic heterocycles. The van der Waals surface area contributed by atoms with Crippen molar-refractivity contribution >= 4 is 33.0 Å². The van der Waals surface area contributed by atoms with Crippen molar-refractivity contribution in [3.63, 3.8) is 0 Å². The van der Waals surface area contributed by atoms with Gasteiger partial charge in [-0.2, -0.15) is 0 Å². The lowest BCUT2D eigenvalue weighted by Crippen LogP contribution is -2.26. The Bertz CT molecular complexity index is 401. The van der Waals surface area contributed by atoms with Crippen LogP contribution >= 0.6 is 27.3 Å². The summed E-state index contributed by atoms with van der Waals surface area (Å²) in [5, 5.41) is 1.94. The maximum atomic E-state index is 12.4.